The van der Waals surface area contributed by atoms with Gasteiger partial charge >= 0.3 is 0 Å². The van der Waals surface area contributed by atoms with Crippen molar-refractivity contribution in [2.75, 3.05) is 0 Å². The van der Waals surface area contributed by atoms with Crippen LogP contribution in [0.5, 0.6) is 0 Å². The quantitative estimate of drug-likeness (QED) is 0.781. The molecule has 1 N–H and O–H groups in total. The third-order valence-electron chi connectivity index (χ3n) is 2.67. The molecule has 0 spiro atoms. The van der Waals surface area contributed by atoms with E-state index in [4.69, 9.17) is 17.5 Å². The summed E-state index contributed by atoms with van der Waals surface area (Å²) in [7, 11) is 0. The van der Waals surface area contributed by atoms with Crippen LogP contribution in [0.2, 0.25) is 0 Å². The van der Waals surface area contributed by atoms with Crippen LogP contribution in [0.3, 0.4) is 0 Å². The minimum atomic E-state index is 0.517. The van der Waals surface area contributed by atoms with Crippen molar-refractivity contribution in [1.82, 2.24) is 15.2 Å². The molecule has 0 bridgehead atoms. The van der Waals surface area contributed by atoms with Gasteiger partial charge in [0.2, 0.25) is 0 Å². The van der Waals surface area contributed by atoms with E-state index in [-0.39, 0.29) is 0 Å². The maximum Gasteiger partial charge on any atom is 0.122 e. The molecule has 2 aromatic heterocycles. The monoisotopic (exact) mass is 242 g/mol. The van der Waals surface area contributed by atoms with Gasteiger partial charge in [-0.1, -0.05) is 12.2 Å². The SMILES string of the molecule is Cc1c(-c2cncc(C#N)c2)n[nH]c(=S)c1C. The molecular weight excluding hydrogens is 232 g/mol. The van der Waals surface area contributed by atoms with Crippen molar-refractivity contribution in [3.8, 4) is 17.3 Å². The molecule has 0 saturated heterocycles. The number of aromatic nitrogens is 3. The minimum absolute atomic E-state index is 0.517. The van der Waals surface area contributed by atoms with Gasteiger partial charge in [-0.05, 0) is 31.0 Å². The van der Waals surface area contributed by atoms with Crippen molar-refractivity contribution in [1.29, 1.82) is 5.26 Å². The molecule has 0 atom stereocenters. The van der Waals surface area contributed by atoms with Crippen LogP contribution in [0, 0.1) is 29.8 Å². The van der Waals surface area contributed by atoms with E-state index in [2.05, 4.69) is 21.3 Å². The molecule has 0 radical (unpaired) electrons. The number of aromatic amines is 1. The van der Waals surface area contributed by atoms with Gasteiger partial charge in [0.1, 0.15) is 10.7 Å². The molecule has 4 nitrogen and oxygen atoms in total. The Kier molecular flexibility index (Phi) is 2.98. The summed E-state index contributed by atoms with van der Waals surface area (Å²) in [6.07, 6.45) is 3.21. The summed E-state index contributed by atoms with van der Waals surface area (Å²) in [6, 6.07) is 3.82. The van der Waals surface area contributed by atoms with E-state index in [0.29, 0.717) is 10.2 Å². The second kappa shape index (κ2) is 4.44. The van der Waals surface area contributed by atoms with E-state index in [1.807, 2.05) is 13.8 Å². The van der Waals surface area contributed by atoms with Gasteiger partial charge in [0.25, 0.3) is 0 Å². The second-order valence-electron chi connectivity index (χ2n) is 3.73. The Morgan fingerprint density at radius 2 is 2.06 bits per heavy atom. The van der Waals surface area contributed by atoms with Gasteiger partial charge < -0.3 is 0 Å². The normalized spacial score (nSPS) is 9.94. The van der Waals surface area contributed by atoms with Crippen LogP contribution in [0.25, 0.3) is 11.3 Å². The number of pyridine rings is 1. The molecule has 2 heterocycles. The highest BCUT2D eigenvalue weighted by atomic mass is 32.1. The van der Waals surface area contributed by atoms with Crippen LogP contribution in [0.1, 0.15) is 16.7 Å². The Labute approximate surface area is 104 Å². The van der Waals surface area contributed by atoms with E-state index in [9.17, 15) is 0 Å². The fraction of sp³-hybridized carbons (Fsp3) is 0.167. The molecule has 0 saturated carbocycles. The maximum atomic E-state index is 8.84. The molecule has 2 aromatic rings. The lowest BCUT2D eigenvalue weighted by atomic mass is 10.1. The number of hydrogen-bond donors (Lipinski definition) is 1. The van der Waals surface area contributed by atoms with Crippen molar-refractivity contribution in [3.63, 3.8) is 0 Å². The average molecular weight is 242 g/mol. The van der Waals surface area contributed by atoms with Crippen molar-refractivity contribution < 1.29 is 0 Å². The molecule has 5 heteroatoms. The Hall–Kier alpha value is -2.06. The van der Waals surface area contributed by atoms with Crippen LogP contribution < -0.4 is 0 Å². The second-order valence-corrected chi connectivity index (χ2v) is 4.13. The number of rotatable bonds is 1. The van der Waals surface area contributed by atoms with Crippen LogP contribution in [-0.2, 0) is 0 Å². The highest BCUT2D eigenvalue weighted by molar-refractivity contribution is 7.71. The molecule has 84 valence electrons. The van der Waals surface area contributed by atoms with E-state index < -0.39 is 0 Å². The lowest BCUT2D eigenvalue weighted by molar-refractivity contribution is 0.985. The molecule has 2 rings (SSSR count). The Bertz CT molecular complexity index is 667. The smallest absolute Gasteiger partial charge is 0.122 e. The highest BCUT2D eigenvalue weighted by Crippen LogP contribution is 2.22. The topological polar surface area (TPSA) is 65.4 Å². The third-order valence-corrected chi connectivity index (χ3v) is 3.07. The molecule has 0 aliphatic rings. The predicted octanol–water partition coefficient (Wildman–Crippen LogP) is 2.69. The zero-order valence-corrected chi connectivity index (χ0v) is 10.3. The van der Waals surface area contributed by atoms with Crippen molar-refractivity contribution in [2.45, 2.75) is 13.8 Å². The first-order valence-electron chi connectivity index (χ1n) is 5.05. The van der Waals surface area contributed by atoms with Gasteiger partial charge in [-0.2, -0.15) is 10.4 Å². The average Bonchev–Trinajstić information content (AvgIpc) is 2.36. The maximum absolute atomic E-state index is 8.84. The Morgan fingerprint density at radius 3 is 2.76 bits per heavy atom. The van der Waals surface area contributed by atoms with E-state index >= 15 is 0 Å². The van der Waals surface area contributed by atoms with Crippen molar-refractivity contribution in [3.05, 3.63) is 39.8 Å². The number of nitrogens with one attached hydrogen (secondary N) is 1. The molecule has 0 aliphatic heterocycles. The number of hydrogen-bond acceptors (Lipinski definition) is 4. The van der Waals surface area contributed by atoms with E-state index in [1.54, 1.807) is 12.3 Å². The first-order chi connectivity index (χ1) is 8.13. The molecule has 0 aliphatic carbocycles. The third kappa shape index (κ3) is 2.08. The fourth-order valence-electron chi connectivity index (χ4n) is 1.53. The lowest BCUT2D eigenvalue weighted by Crippen LogP contribution is -1.97. The lowest BCUT2D eigenvalue weighted by Gasteiger charge is -2.07. The summed E-state index contributed by atoms with van der Waals surface area (Å²) in [5, 5.41) is 15.8. The van der Waals surface area contributed by atoms with Crippen LogP contribution in [-0.4, -0.2) is 15.2 Å². The van der Waals surface area contributed by atoms with E-state index in [1.165, 1.54) is 6.20 Å². The number of nitriles is 1. The number of nitrogens with zero attached hydrogens (tertiary/aromatic N) is 3. The fourth-order valence-corrected chi connectivity index (χ4v) is 1.73. The molecule has 0 fully saturated rings. The van der Waals surface area contributed by atoms with Crippen LogP contribution in [0.4, 0.5) is 0 Å². The predicted molar refractivity (Wildman–Crippen MR) is 66.8 cm³/mol. The van der Waals surface area contributed by atoms with Gasteiger partial charge in [-0.15, -0.1) is 0 Å². The Morgan fingerprint density at radius 1 is 1.29 bits per heavy atom. The minimum Gasteiger partial charge on any atom is -0.267 e. The first-order valence-corrected chi connectivity index (χ1v) is 5.45. The molecule has 17 heavy (non-hydrogen) atoms. The summed E-state index contributed by atoms with van der Waals surface area (Å²) < 4.78 is 0.635. The summed E-state index contributed by atoms with van der Waals surface area (Å²) in [4.78, 5) is 4.02. The van der Waals surface area contributed by atoms with Crippen LogP contribution >= 0.6 is 12.2 Å². The molecule has 0 aromatic carbocycles. The molecular formula is C12H10N4S. The standard InChI is InChI=1S/C12H10N4S/c1-7-8(2)12(17)16-15-11(7)10-3-9(4-13)5-14-6-10/h3,5-6H,1-2H3,(H,16,17). The van der Waals surface area contributed by atoms with Crippen LogP contribution in [0.15, 0.2) is 18.5 Å². The van der Waals surface area contributed by atoms with Crippen molar-refractivity contribution in [2.24, 2.45) is 0 Å². The summed E-state index contributed by atoms with van der Waals surface area (Å²) in [5.74, 6) is 0. The summed E-state index contributed by atoms with van der Waals surface area (Å²) in [6.45, 7) is 3.90. The number of H-pyrrole nitrogens is 1. The van der Waals surface area contributed by atoms with Crippen molar-refractivity contribution >= 4 is 12.2 Å². The zero-order valence-electron chi connectivity index (χ0n) is 9.48. The Balaban J connectivity index is 2.65. The zero-order chi connectivity index (χ0) is 12.4. The summed E-state index contributed by atoms with van der Waals surface area (Å²) in [5.41, 5.74) is 4.11. The van der Waals surface area contributed by atoms with Gasteiger partial charge in [0.05, 0.1) is 11.3 Å². The van der Waals surface area contributed by atoms with Gasteiger partial charge in [-0.3, -0.25) is 10.1 Å². The highest BCUT2D eigenvalue weighted by Gasteiger charge is 2.08. The largest absolute Gasteiger partial charge is 0.267 e. The van der Waals surface area contributed by atoms with Gasteiger partial charge in [-0.25, -0.2) is 0 Å². The first kappa shape index (κ1) is 11.4. The van der Waals surface area contributed by atoms with Gasteiger partial charge in [0.15, 0.2) is 0 Å². The summed E-state index contributed by atoms with van der Waals surface area (Å²) >= 11 is 5.11. The molecule has 0 amide bonds. The molecule has 0 unspecified atom stereocenters. The van der Waals surface area contributed by atoms with Gasteiger partial charge in [0, 0.05) is 18.0 Å². The van der Waals surface area contributed by atoms with E-state index in [0.717, 1.165) is 22.4 Å².